The van der Waals surface area contributed by atoms with Crippen molar-refractivity contribution in [2.45, 2.75) is 49.5 Å². The molecule has 0 radical (unpaired) electrons. The van der Waals surface area contributed by atoms with E-state index >= 15 is 0 Å². The van der Waals surface area contributed by atoms with Crippen molar-refractivity contribution < 1.29 is 14.6 Å². The molecule has 2 N–H and O–H groups in total. The lowest BCUT2D eigenvalue weighted by Gasteiger charge is -2.37. The van der Waals surface area contributed by atoms with Gasteiger partial charge in [-0.3, -0.25) is 4.79 Å². The Morgan fingerprint density at radius 2 is 2.12 bits per heavy atom. The summed E-state index contributed by atoms with van der Waals surface area (Å²) in [5.74, 6) is 0.661. The van der Waals surface area contributed by atoms with Crippen molar-refractivity contribution in [3.05, 3.63) is 54.2 Å². The number of aromatic nitrogens is 3. The Kier molecular flexibility index (Phi) is 4.76. The standard InChI is InChI=1S/C26H28N4O3/c1-2-22(32)30-11-8-16(14-30)24-23(17-13-26(33-15-17)9-5-10-26)19-12-20(28-29-25(19)27-24)18-6-3-4-7-21(18)31/h2-4,6-7,12,16-17,31H,1,5,8-11,13-15H2,(H,27,29). The molecule has 1 spiro atoms. The molecule has 33 heavy (non-hydrogen) atoms. The number of amides is 1. The maximum Gasteiger partial charge on any atom is 0.245 e. The molecule has 2 unspecified atom stereocenters. The lowest BCUT2D eigenvalue weighted by Crippen LogP contribution is -2.35. The number of phenols is 1. The third kappa shape index (κ3) is 3.33. The van der Waals surface area contributed by atoms with Crippen molar-refractivity contribution in [3.63, 3.8) is 0 Å². The number of aromatic hydroxyl groups is 1. The SMILES string of the molecule is C=CC(=O)N1CCC(c2[nH]c3nnc(-c4ccccc4O)cc3c2C2COC3(CCC3)C2)C1. The number of fused-ring (bicyclic) bond motifs is 1. The molecule has 3 aromatic rings. The molecule has 3 aliphatic rings. The van der Waals surface area contributed by atoms with Crippen molar-refractivity contribution in [2.75, 3.05) is 19.7 Å². The summed E-state index contributed by atoms with van der Waals surface area (Å²) >= 11 is 0. The second-order valence-corrected chi connectivity index (χ2v) is 9.68. The number of carbonyl (C=O) groups excluding carboxylic acids is 1. The van der Waals surface area contributed by atoms with Gasteiger partial charge in [0.1, 0.15) is 5.75 Å². The van der Waals surface area contributed by atoms with Crippen LogP contribution in [0.15, 0.2) is 43.0 Å². The number of rotatable bonds is 4. The Hall–Kier alpha value is -3.19. The molecular weight excluding hydrogens is 416 g/mol. The molecule has 1 aromatic carbocycles. The van der Waals surface area contributed by atoms with Gasteiger partial charge in [0.25, 0.3) is 0 Å². The minimum Gasteiger partial charge on any atom is -0.507 e. The number of phenolic OH excluding ortho intramolecular Hbond substituents is 1. The fraction of sp³-hybridized carbons (Fsp3) is 0.423. The Balaban J connectivity index is 1.45. The number of hydrogen-bond acceptors (Lipinski definition) is 5. The van der Waals surface area contributed by atoms with E-state index in [4.69, 9.17) is 4.74 Å². The minimum absolute atomic E-state index is 0.0191. The zero-order valence-electron chi connectivity index (χ0n) is 18.6. The predicted octanol–water partition coefficient (Wildman–Crippen LogP) is 4.26. The van der Waals surface area contributed by atoms with Crippen molar-refractivity contribution >= 4 is 16.9 Å². The zero-order valence-corrected chi connectivity index (χ0v) is 18.6. The summed E-state index contributed by atoms with van der Waals surface area (Å²) in [5, 5.41) is 20.3. The highest BCUT2D eigenvalue weighted by molar-refractivity contribution is 5.88. The van der Waals surface area contributed by atoms with E-state index in [1.54, 1.807) is 12.1 Å². The summed E-state index contributed by atoms with van der Waals surface area (Å²) in [6.45, 7) is 5.74. The maximum atomic E-state index is 12.2. The van der Waals surface area contributed by atoms with E-state index in [9.17, 15) is 9.90 Å². The fourth-order valence-corrected chi connectivity index (χ4v) is 5.89. The van der Waals surface area contributed by atoms with Gasteiger partial charge in [-0.25, -0.2) is 0 Å². The molecule has 2 atom stereocenters. The maximum absolute atomic E-state index is 12.2. The lowest BCUT2D eigenvalue weighted by molar-refractivity contribution is -0.125. The molecule has 1 amide bonds. The van der Waals surface area contributed by atoms with Gasteiger partial charge in [-0.2, -0.15) is 0 Å². The zero-order chi connectivity index (χ0) is 22.6. The number of nitrogens with zero attached hydrogens (tertiary/aromatic N) is 3. The van der Waals surface area contributed by atoms with E-state index in [1.165, 1.54) is 18.1 Å². The lowest BCUT2D eigenvalue weighted by atomic mass is 9.74. The third-order valence-electron chi connectivity index (χ3n) is 7.77. The van der Waals surface area contributed by atoms with Gasteiger partial charge in [0.2, 0.25) is 5.91 Å². The summed E-state index contributed by atoms with van der Waals surface area (Å²) in [6, 6.07) is 9.25. The highest BCUT2D eigenvalue weighted by Gasteiger charge is 2.47. The summed E-state index contributed by atoms with van der Waals surface area (Å²) in [5.41, 5.74) is 4.51. The van der Waals surface area contributed by atoms with E-state index in [2.05, 4.69) is 21.8 Å². The van der Waals surface area contributed by atoms with Crippen molar-refractivity contribution in [1.82, 2.24) is 20.1 Å². The third-order valence-corrected chi connectivity index (χ3v) is 7.77. The van der Waals surface area contributed by atoms with Crippen LogP contribution in [0.5, 0.6) is 5.75 Å². The van der Waals surface area contributed by atoms with Gasteiger partial charge in [0.05, 0.1) is 17.9 Å². The molecule has 4 heterocycles. The van der Waals surface area contributed by atoms with Crippen LogP contribution in [-0.4, -0.2) is 56.4 Å². The molecule has 170 valence electrons. The second kappa shape index (κ2) is 7.70. The molecule has 2 aromatic heterocycles. The number of carbonyl (C=O) groups is 1. The number of benzene rings is 1. The molecule has 7 heteroatoms. The van der Waals surface area contributed by atoms with E-state index < -0.39 is 0 Å². The van der Waals surface area contributed by atoms with E-state index in [0.717, 1.165) is 49.0 Å². The number of para-hydroxylation sites is 1. The van der Waals surface area contributed by atoms with Crippen molar-refractivity contribution in [1.29, 1.82) is 0 Å². The van der Waals surface area contributed by atoms with Gasteiger partial charge in [-0.1, -0.05) is 18.7 Å². The minimum atomic E-state index is -0.0191. The van der Waals surface area contributed by atoms with Crippen LogP contribution in [0, 0.1) is 0 Å². The van der Waals surface area contributed by atoms with Crippen LogP contribution in [-0.2, 0) is 9.53 Å². The fourth-order valence-electron chi connectivity index (χ4n) is 5.89. The van der Waals surface area contributed by atoms with E-state index in [1.807, 2.05) is 23.1 Å². The first-order valence-corrected chi connectivity index (χ1v) is 11.8. The molecular formula is C26H28N4O3. The quantitative estimate of drug-likeness (QED) is 0.587. The summed E-state index contributed by atoms with van der Waals surface area (Å²) in [6.07, 6.45) is 6.81. The Labute approximate surface area is 192 Å². The number of hydrogen-bond donors (Lipinski definition) is 2. The van der Waals surface area contributed by atoms with Gasteiger partial charge in [-0.15, -0.1) is 10.2 Å². The number of likely N-dealkylation sites (tertiary alicyclic amines) is 1. The molecule has 3 fully saturated rings. The Bertz CT molecular complexity index is 1250. The van der Waals surface area contributed by atoms with E-state index in [-0.39, 0.29) is 29.1 Å². The normalized spacial score (nSPS) is 23.8. The highest BCUT2D eigenvalue weighted by Crippen LogP contribution is 2.51. The molecule has 6 rings (SSSR count). The molecule has 2 saturated heterocycles. The van der Waals surface area contributed by atoms with Crippen LogP contribution in [0.3, 0.4) is 0 Å². The van der Waals surface area contributed by atoms with Crippen LogP contribution in [0.2, 0.25) is 0 Å². The van der Waals surface area contributed by atoms with Crippen molar-refractivity contribution in [3.8, 4) is 17.0 Å². The first-order valence-electron chi connectivity index (χ1n) is 11.8. The second-order valence-electron chi connectivity index (χ2n) is 9.68. The molecule has 2 aliphatic heterocycles. The van der Waals surface area contributed by atoms with Gasteiger partial charge >= 0.3 is 0 Å². The number of nitrogens with one attached hydrogen (secondary N) is 1. The molecule has 7 nitrogen and oxygen atoms in total. The topological polar surface area (TPSA) is 91.3 Å². The van der Waals surface area contributed by atoms with Crippen LogP contribution < -0.4 is 0 Å². The highest BCUT2D eigenvalue weighted by atomic mass is 16.5. The van der Waals surface area contributed by atoms with Crippen LogP contribution >= 0.6 is 0 Å². The van der Waals surface area contributed by atoms with E-state index in [0.29, 0.717) is 24.4 Å². The Morgan fingerprint density at radius 3 is 2.85 bits per heavy atom. The average molecular weight is 445 g/mol. The number of aromatic amines is 1. The molecule has 0 bridgehead atoms. The van der Waals surface area contributed by atoms with Gasteiger partial charge < -0.3 is 19.7 Å². The van der Waals surface area contributed by atoms with Gasteiger partial charge in [0.15, 0.2) is 5.65 Å². The summed E-state index contributed by atoms with van der Waals surface area (Å²) in [7, 11) is 0. The van der Waals surface area contributed by atoms with Crippen LogP contribution in [0.1, 0.15) is 55.2 Å². The molecule has 1 saturated carbocycles. The van der Waals surface area contributed by atoms with Crippen LogP contribution in [0.25, 0.3) is 22.3 Å². The smallest absolute Gasteiger partial charge is 0.245 e. The first-order chi connectivity index (χ1) is 16.1. The molecule has 1 aliphatic carbocycles. The summed E-state index contributed by atoms with van der Waals surface area (Å²) < 4.78 is 6.32. The Morgan fingerprint density at radius 1 is 1.27 bits per heavy atom. The van der Waals surface area contributed by atoms with Crippen molar-refractivity contribution in [2.24, 2.45) is 0 Å². The van der Waals surface area contributed by atoms with Gasteiger partial charge in [0, 0.05) is 41.6 Å². The first kappa shape index (κ1) is 20.4. The van der Waals surface area contributed by atoms with Crippen LogP contribution in [0.4, 0.5) is 0 Å². The monoisotopic (exact) mass is 444 g/mol. The van der Waals surface area contributed by atoms with Gasteiger partial charge in [-0.05, 0) is 61.9 Å². The average Bonchev–Trinajstić information content (AvgIpc) is 3.54. The predicted molar refractivity (Wildman–Crippen MR) is 125 cm³/mol. The number of ether oxygens (including phenoxy) is 1. The largest absolute Gasteiger partial charge is 0.507 e. The number of H-pyrrole nitrogens is 1. The summed E-state index contributed by atoms with van der Waals surface area (Å²) in [4.78, 5) is 17.6.